The summed E-state index contributed by atoms with van der Waals surface area (Å²) in [6.07, 6.45) is -2.71. The molecule has 0 spiro atoms. The highest BCUT2D eigenvalue weighted by atomic mass is 19.4. The van der Waals surface area contributed by atoms with Gasteiger partial charge in [-0.1, -0.05) is 0 Å². The lowest BCUT2D eigenvalue weighted by Crippen LogP contribution is -2.42. The summed E-state index contributed by atoms with van der Waals surface area (Å²) in [6.45, 7) is 0. The summed E-state index contributed by atoms with van der Waals surface area (Å²) in [7, 11) is 1.38. The first kappa shape index (κ1) is 21.1. The Bertz CT molecular complexity index is 808. The number of nitrogens with two attached hydrogens (primary N) is 1. The van der Waals surface area contributed by atoms with E-state index in [2.05, 4.69) is 20.6 Å². The van der Waals surface area contributed by atoms with Crippen molar-refractivity contribution in [1.82, 2.24) is 5.32 Å². The molecule has 3 N–H and O–H groups in total. The molecule has 0 atom stereocenters. The van der Waals surface area contributed by atoms with Crippen LogP contribution in [0, 0.1) is 11.3 Å². The average molecular weight is 396 g/mol. The van der Waals surface area contributed by atoms with Gasteiger partial charge in [0.2, 0.25) is 0 Å². The van der Waals surface area contributed by atoms with Gasteiger partial charge in [-0.25, -0.2) is 0 Å². The van der Waals surface area contributed by atoms with E-state index in [1.807, 2.05) is 0 Å². The van der Waals surface area contributed by atoms with Crippen molar-refractivity contribution in [3.8, 4) is 11.8 Å². The number of ether oxygens (including phenoxy) is 1. The van der Waals surface area contributed by atoms with E-state index in [0.29, 0.717) is 25.7 Å². The standard InChI is InChI=1S/C17H19F3N6O2/c1-23-26-15(25-22)16(27)24-11-3-6-12(7-4-11)28-13-5-2-10(9-21)14(8-13)17(18,19)20/h2,5,8,11-12H,3-4,6-7,22H2,1H3,(H,24,27). The Morgan fingerprint density at radius 3 is 2.54 bits per heavy atom. The minimum absolute atomic E-state index is 0.0553. The van der Waals surface area contributed by atoms with E-state index < -0.39 is 23.2 Å². The molecule has 0 unspecified atom stereocenters. The van der Waals surface area contributed by atoms with Crippen LogP contribution in [-0.2, 0) is 11.0 Å². The van der Waals surface area contributed by atoms with Gasteiger partial charge in [-0.15, -0.1) is 5.11 Å². The van der Waals surface area contributed by atoms with Gasteiger partial charge < -0.3 is 15.9 Å². The van der Waals surface area contributed by atoms with Gasteiger partial charge in [0, 0.05) is 13.1 Å². The summed E-state index contributed by atoms with van der Waals surface area (Å²) in [5.74, 6) is 4.36. The number of amidine groups is 1. The van der Waals surface area contributed by atoms with Crippen molar-refractivity contribution in [1.29, 1.82) is 5.26 Å². The molecule has 1 fully saturated rings. The van der Waals surface area contributed by atoms with Crippen LogP contribution in [-0.4, -0.2) is 30.9 Å². The number of benzene rings is 1. The van der Waals surface area contributed by atoms with Crippen LogP contribution in [0.15, 0.2) is 33.5 Å². The molecule has 1 aliphatic carbocycles. The van der Waals surface area contributed by atoms with E-state index in [1.54, 1.807) is 0 Å². The third-order valence-corrected chi connectivity index (χ3v) is 4.25. The third kappa shape index (κ3) is 5.42. The second kappa shape index (κ2) is 9.16. The Hall–Kier alpha value is -3.16. The van der Waals surface area contributed by atoms with Crippen LogP contribution in [0.2, 0.25) is 0 Å². The Labute approximate surface area is 159 Å². The molecule has 28 heavy (non-hydrogen) atoms. The molecule has 1 saturated carbocycles. The van der Waals surface area contributed by atoms with Gasteiger partial charge in [-0.3, -0.25) is 4.79 Å². The third-order valence-electron chi connectivity index (χ3n) is 4.25. The van der Waals surface area contributed by atoms with Crippen LogP contribution in [0.1, 0.15) is 36.8 Å². The molecule has 1 amide bonds. The zero-order chi connectivity index (χ0) is 20.7. The summed E-state index contributed by atoms with van der Waals surface area (Å²) < 4.78 is 44.8. The Kier molecular flexibility index (Phi) is 6.92. The number of nitriles is 1. The van der Waals surface area contributed by atoms with Crippen molar-refractivity contribution in [3.05, 3.63) is 29.3 Å². The molecule has 1 aromatic rings. The van der Waals surface area contributed by atoms with E-state index in [4.69, 9.17) is 15.8 Å². The lowest BCUT2D eigenvalue weighted by Gasteiger charge is -2.29. The first-order chi connectivity index (χ1) is 13.3. The molecule has 0 radical (unpaired) electrons. The van der Waals surface area contributed by atoms with Crippen LogP contribution >= 0.6 is 0 Å². The van der Waals surface area contributed by atoms with Crippen LogP contribution in [0.4, 0.5) is 13.2 Å². The number of nitrogens with zero attached hydrogens (tertiary/aromatic N) is 4. The SMILES string of the molecule is CN=NC(=NN)C(=O)NC1CCC(Oc2ccc(C#N)c(C(F)(F)F)c2)CC1. The molecular formula is C17H19F3N6O2. The number of hydrogen-bond donors (Lipinski definition) is 2. The van der Waals surface area contributed by atoms with Gasteiger partial charge in [-0.05, 0) is 43.9 Å². The molecule has 2 rings (SSSR count). The van der Waals surface area contributed by atoms with E-state index in [9.17, 15) is 18.0 Å². The Balaban J connectivity index is 1.94. The summed E-state index contributed by atoms with van der Waals surface area (Å²) in [4.78, 5) is 12.0. The van der Waals surface area contributed by atoms with Gasteiger partial charge in [0.15, 0.2) is 0 Å². The topological polar surface area (TPSA) is 125 Å². The first-order valence-corrected chi connectivity index (χ1v) is 8.45. The van der Waals surface area contributed by atoms with Gasteiger partial charge in [0.25, 0.3) is 11.7 Å². The van der Waals surface area contributed by atoms with Crippen molar-refractivity contribution < 1.29 is 22.7 Å². The summed E-state index contributed by atoms with van der Waals surface area (Å²) in [6, 6.07) is 4.67. The zero-order valence-corrected chi connectivity index (χ0v) is 15.0. The monoisotopic (exact) mass is 396 g/mol. The molecule has 0 aromatic heterocycles. The molecule has 8 nitrogen and oxygen atoms in total. The molecule has 0 heterocycles. The predicted molar refractivity (Wildman–Crippen MR) is 93.4 cm³/mol. The number of nitrogens with one attached hydrogen (secondary N) is 1. The van der Waals surface area contributed by atoms with Gasteiger partial charge in [0.05, 0.1) is 23.3 Å². The summed E-state index contributed by atoms with van der Waals surface area (Å²) >= 11 is 0. The van der Waals surface area contributed by atoms with Crippen molar-refractivity contribution in [2.45, 2.75) is 44.0 Å². The van der Waals surface area contributed by atoms with Gasteiger partial charge in [0.1, 0.15) is 5.75 Å². The van der Waals surface area contributed by atoms with Crippen LogP contribution in [0.5, 0.6) is 5.75 Å². The molecule has 1 aromatic carbocycles. The number of carbonyl (C=O) groups is 1. The van der Waals surface area contributed by atoms with Gasteiger partial charge in [-0.2, -0.15) is 28.6 Å². The van der Waals surface area contributed by atoms with E-state index in [-0.39, 0.29) is 23.7 Å². The molecule has 0 bridgehead atoms. The fraction of sp³-hybridized carbons (Fsp3) is 0.471. The van der Waals surface area contributed by atoms with E-state index >= 15 is 0 Å². The maximum absolute atomic E-state index is 13.0. The number of halogens is 3. The predicted octanol–water partition coefficient (Wildman–Crippen LogP) is 2.74. The minimum Gasteiger partial charge on any atom is -0.490 e. The Morgan fingerprint density at radius 1 is 1.32 bits per heavy atom. The lowest BCUT2D eigenvalue weighted by atomic mass is 9.93. The minimum atomic E-state index is -4.63. The quantitative estimate of drug-likeness (QED) is 0.268. The largest absolute Gasteiger partial charge is 0.490 e. The molecular weight excluding hydrogens is 377 g/mol. The van der Waals surface area contributed by atoms with Crippen molar-refractivity contribution in [2.75, 3.05) is 7.05 Å². The van der Waals surface area contributed by atoms with Crippen molar-refractivity contribution in [2.24, 2.45) is 21.2 Å². The first-order valence-electron chi connectivity index (χ1n) is 8.45. The van der Waals surface area contributed by atoms with Crippen LogP contribution in [0.25, 0.3) is 0 Å². The average Bonchev–Trinajstić information content (AvgIpc) is 2.66. The van der Waals surface area contributed by atoms with Crippen LogP contribution in [0.3, 0.4) is 0 Å². The number of carbonyl (C=O) groups excluding carboxylic acids is 1. The number of hydrogen-bond acceptors (Lipinski definition) is 6. The van der Waals surface area contributed by atoms with E-state index in [1.165, 1.54) is 19.2 Å². The maximum Gasteiger partial charge on any atom is 0.417 e. The molecule has 1 aliphatic rings. The number of rotatable bonds is 3. The highest BCUT2D eigenvalue weighted by molar-refractivity contribution is 6.38. The maximum atomic E-state index is 13.0. The molecule has 0 saturated heterocycles. The number of alkyl halides is 3. The summed E-state index contributed by atoms with van der Waals surface area (Å²) in [5.41, 5.74) is -1.47. The van der Waals surface area contributed by atoms with Crippen molar-refractivity contribution >= 4 is 11.7 Å². The second-order valence-corrected chi connectivity index (χ2v) is 6.13. The smallest absolute Gasteiger partial charge is 0.417 e. The van der Waals surface area contributed by atoms with Crippen molar-refractivity contribution in [3.63, 3.8) is 0 Å². The fourth-order valence-electron chi connectivity index (χ4n) is 2.92. The highest BCUT2D eigenvalue weighted by Gasteiger charge is 2.34. The lowest BCUT2D eigenvalue weighted by molar-refractivity contribution is -0.137. The number of amides is 1. The molecule has 11 heteroatoms. The number of hydrazone groups is 1. The van der Waals surface area contributed by atoms with Gasteiger partial charge >= 0.3 is 6.18 Å². The van der Waals surface area contributed by atoms with E-state index in [0.717, 1.165) is 12.1 Å². The normalized spacial score (nSPS) is 20.6. The fourth-order valence-corrected chi connectivity index (χ4v) is 2.92. The highest BCUT2D eigenvalue weighted by Crippen LogP contribution is 2.35. The molecule has 0 aliphatic heterocycles. The number of azo groups is 1. The molecule has 150 valence electrons. The van der Waals surface area contributed by atoms with Crippen LogP contribution < -0.4 is 15.9 Å². The summed E-state index contributed by atoms with van der Waals surface area (Å²) in [5, 5.41) is 21.8. The zero-order valence-electron chi connectivity index (χ0n) is 15.0. The second-order valence-electron chi connectivity index (χ2n) is 6.13. The Morgan fingerprint density at radius 2 is 2.00 bits per heavy atom.